The van der Waals surface area contributed by atoms with Gasteiger partial charge in [-0.25, -0.2) is 9.97 Å². The normalized spacial score (nSPS) is 10.5. The molecule has 19 heavy (non-hydrogen) atoms. The second kappa shape index (κ2) is 5.05. The van der Waals surface area contributed by atoms with Crippen LogP contribution < -0.4 is 5.32 Å². The third kappa shape index (κ3) is 2.87. The highest BCUT2D eigenvalue weighted by molar-refractivity contribution is 5.55. The number of hydrogen-bond acceptors (Lipinski definition) is 6. The van der Waals surface area contributed by atoms with Crippen LogP contribution in [0, 0.1) is 30.9 Å². The fourth-order valence-electron chi connectivity index (χ4n) is 1.60. The molecule has 0 fully saturated rings. The smallest absolute Gasteiger partial charge is 0.311 e. The molecule has 0 aliphatic heterocycles. The average molecular weight is 262 g/mol. The fraction of sp³-hybridized carbons (Fsp3) is 0.333. The molecular weight excluding hydrogens is 248 g/mol. The highest BCUT2D eigenvalue weighted by Crippen LogP contribution is 2.22. The largest absolute Gasteiger partial charge is 0.444 e. The van der Waals surface area contributed by atoms with Crippen LogP contribution in [0.2, 0.25) is 0 Å². The number of nitrogens with zero attached hydrogens (tertiary/aromatic N) is 3. The molecular formula is C12H14N4O3. The number of hydrogen-bond donors (Lipinski definition) is 1. The van der Waals surface area contributed by atoms with Crippen molar-refractivity contribution in [1.29, 1.82) is 0 Å². The standard InChI is InChI=1S/C12H14N4O3/c1-7-4-5-10(16(17)18)12(14-7)13-6-11-15-8(2)9(3)19-11/h4-5H,6H2,1-3H3,(H,13,14). The zero-order chi connectivity index (χ0) is 14.0. The molecule has 2 heterocycles. The molecule has 7 nitrogen and oxygen atoms in total. The van der Waals surface area contributed by atoms with Gasteiger partial charge in [0.1, 0.15) is 5.76 Å². The summed E-state index contributed by atoms with van der Waals surface area (Å²) in [6.07, 6.45) is 0. The van der Waals surface area contributed by atoms with Crippen LogP contribution in [-0.2, 0) is 6.54 Å². The molecule has 0 amide bonds. The van der Waals surface area contributed by atoms with E-state index in [1.165, 1.54) is 6.07 Å². The Labute approximate surface area is 109 Å². The maximum Gasteiger partial charge on any atom is 0.311 e. The van der Waals surface area contributed by atoms with E-state index in [1.807, 2.05) is 13.8 Å². The number of rotatable bonds is 4. The molecule has 2 aromatic heterocycles. The van der Waals surface area contributed by atoms with Gasteiger partial charge < -0.3 is 9.73 Å². The summed E-state index contributed by atoms with van der Waals surface area (Å²) in [5.41, 5.74) is 1.45. The molecule has 0 saturated heterocycles. The molecule has 0 aliphatic carbocycles. The predicted molar refractivity (Wildman–Crippen MR) is 68.9 cm³/mol. The highest BCUT2D eigenvalue weighted by atomic mass is 16.6. The lowest BCUT2D eigenvalue weighted by Gasteiger charge is -2.04. The van der Waals surface area contributed by atoms with E-state index in [0.29, 0.717) is 11.6 Å². The summed E-state index contributed by atoms with van der Waals surface area (Å²) in [5, 5.41) is 13.8. The Balaban J connectivity index is 2.19. The van der Waals surface area contributed by atoms with E-state index in [1.54, 1.807) is 13.0 Å². The molecule has 0 bridgehead atoms. The summed E-state index contributed by atoms with van der Waals surface area (Å²) in [7, 11) is 0. The minimum atomic E-state index is -0.471. The summed E-state index contributed by atoms with van der Waals surface area (Å²) in [6, 6.07) is 3.03. The third-order valence-corrected chi connectivity index (χ3v) is 2.69. The lowest BCUT2D eigenvalue weighted by molar-refractivity contribution is -0.384. The first-order valence-corrected chi connectivity index (χ1v) is 5.76. The number of oxazole rings is 1. The van der Waals surface area contributed by atoms with Gasteiger partial charge in [-0.2, -0.15) is 0 Å². The average Bonchev–Trinajstić information content (AvgIpc) is 2.66. The predicted octanol–water partition coefficient (Wildman–Crippen LogP) is 2.52. The van der Waals surface area contributed by atoms with Gasteiger partial charge in [0.15, 0.2) is 0 Å². The Hall–Kier alpha value is -2.44. The zero-order valence-corrected chi connectivity index (χ0v) is 10.9. The van der Waals surface area contributed by atoms with Crippen LogP contribution in [0.5, 0.6) is 0 Å². The number of aryl methyl sites for hydroxylation is 3. The lowest BCUT2D eigenvalue weighted by Crippen LogP contribution is -2.05. The van der Waals surface area contributed by atoms with Crippen molar-refractivity contribution >= 4 is 11.5 Å². The van der Waals surface area contributed by atoms with Crippen molar-refractivity contribution in [2.45, 2.75) is 27.3 Å². The van der Waals surface area contributed by atoms with Crippen molar-refractivity contribution in [3.8, 4) is 0 Å². The van der Waals surface area contributed by atoms with E-state index in [4.69, 9.17) is 4.42 Å². The Morgan fingerprint density at radius 1 is 1.32 bits per heavy atom. The SMILES string of the molecule is Cc1ccc([N+](=O)[O-])c(NCc2nc(C)c(C)o2)n1. The van der Waals surface area contributed by atoms with Gasteiger partial charge >= 0.3 is 5.69 Å². The molecule has 2 aromatic rings. The molecule has 0 spiro atoms. The van der Waals surface area contributed by atoms with Crippen LogP contribution in [0.4, 0.5) is 11.5 Å². The number of nitro groups is 1. The monoisotopic (exact) mass is 262 g/mol. The van der Waals surface area contributed by atoms with Gasteiger partial charge in [0.05, 0.1) is 17.2 Å². The summed E-state index contributed by atoms with van der Waals surface area (Å²) in [6.45, 7) is 5.69. The fourth-order valence-corrected chi connectivity index (χ4v) is 1.60. The molecule has 0 saturated carbocycles. The van der Waals surface area contributed by atoms with E-state index >= 15 is 0 Å². The van der Waals surface area contributed by atoms with Crippen molar-refractivity contribution in [2.24, 2.45) is 0 Å². The number of pyridine rings is 1. The van der Waals surface area contributed by atoms with Gasteiger partial charge in [0.25, 0.3) is 0 Å². The second-order valence-corrected chi connectivity index (χ2v) is 4.18. The van der Waals surface area contributed by atoms with Gasteiger partial charge in [-0.15, -0.1) is 0 Å². The van der Waals surface area contributed by atoms with Crippen molar-refractivity contribution in [2.75, 3.05) is 5.32 Å². The van der Waals surface area contributed by atoms with Crippen molar-refractivity contribution < 1.29 is 9.34 Å². The summed E-state index contributed by atoms with van der Waals surface area (Å²) in [4.78, 5) is 18.7. The van der Waals surface area contributed by atoms with Gasteiger partial charge in [-0.05, 0) is 26.8 Å². The molecule has 0 radical (unpaired) electrons. The van der Waals surface area contributed by atoms with Crippen molar-refractivity contribution in [3.05, 3.63) is 45.3 Å². The van der Waals surface area contributed by atoms with Crippen molar-refractivity contribution in [1.82, 2.24) is 9.97 Å². The summed E-state index contributed by atoms with van der Waals surface area (Å²) in [5.74, 6) is 1.44. The maximum absolute atomic E-state index is 10.9. The van der Waals surface area contributed by atoms with Crippen LogP contribution in [0.3, 0.4) is 0 Å². The maximum atomic E-state index is 10.9. The van der Waals surface area contributed by atoms with E-state index in [9.17, 15) is 10.1 Å². The molecule has 0 atom stereocenters. The first-order valence-electron chi connectivity index (χ1n) is 5.76. The molecule has 0 unspecified atom stereocenters. The Kier molecular flexibility index (Phi) is 3.46. The third-order valence-electron chi connectivity index (χ3n) is 2.69. The summed E-state index contributed by atoms with van der Waals surface area (Å²) < 4.78 is 5.40. The van der Waals surface area contributed by atoms with Gasteiger partial charge in [-0.3, -0.25) is 10.1 Å². The van der Waals surface area contributed by atoms with Crippen LogP contribution in [0.15, 0.2) is 16.5 Å². The van der Waals surface area contributed by atoms with Gasteiger partial charge in [-0.1, -0.05) is 0 Å². The molecule has 7 heteroatoms. The zero-order valence-electron chi connectivity index (χ0n) is 10.9. The minimum absolute atomic E-state index is 0.0643. The second-order valence-electron chi connectivity index (χ2n) is 4.18. The quantitative estimate of drug-likeness (QED) is 0.672. The number of nitrogens with one attached hydrogen (secondary N) is 1. The van der Waals surface area contributed by atoms with Gasteiger partial charge in [0.2, 0.25) is 11.7 Å². The molecule has 2 rings (SSSR count). The Morgan fingerprint density at radius 2 is 2.05 bits per heavy atom. The number of anilines is 1. The first-order chi connectivity index (χ1) is 8.97. The van der Waals surface area contributed by atoms with Crippen LogP contribution in [0.25, 0.3) is 0 Å². The molecule has 1 N–H and O–H groups in total. The van der Waals surface area contributed by atoms with E-state index in [2.05, 4.69) is 15.3 Å². The Bertz CT molecular complexity index is 602. The highest BCUT2D eigenvalue weighted by Gasteiger charge is 2.16. The van der Waals surface area contributed by atoms with Gasteiger partial charge in [0, 0.05) is 11.8 Å². The van der Waals surface area contributed by atoms with E-state index in [-0.39, 0.29) is 18.1 Å². The summed E-state index contributed by atoms with van der Waals surface area (Å²) >= 11 is 0. The topological polar surface area (TPSA) is 94.1 Å². The van der Waals surface area contributed by atoms with Crippen molar-refractivity contribution in [3.63, 3.8) is 0 Å². The first kappa shape index (κ1) is 13.0. The Morgan fingerprint density at radius 3 is 2.63 bits per heavy atom. The molecule has 100 valence electrons. The van der Waals surface area contributed by atoms with Crippen LogP contribution in [-0.4, -0.2) is 14.9 Å². The lowest BCUT2D eigenvalue weighted by atomic mass is 10.3. The van der Waals surface area contributed by atoms with Crippen LogP contribution >= 0.6 is 0 Å². The van der Waals surface area contributed by atoms with E-state index < -0.39 is 4.92 Å². The minimum Gasteiger partial charge on any atom is -0.444 e. The number of aromatic nitrogens is 2. The molecule has 0 aromatic carbocycles. The molecule has 0 aliphatic rings. The van der Waals surface area contributed by atoms with E-state index in [0.717, 1.165) is 11.5 Å². The van der Waals surface area contributed by atoms with Crippen LogP contribution in [0.1, 0.15) is 23.0 Å².